The number of nitrogens with zero attached hydrogens (tertiary/aromatic N) is 5. The van der Waals surface area contributed by atoms with Crippen molar-refractivity contribution in [3.05, 3.63) is 78.4 Å². The average Bonchev–Trinajstić information content (AvgIpc) is 3.50. The van der Waals surface area contributed by atoms with Crippen molar-refractivity contribution in [2.75, 3.05) is 46.7 Å². The second-order valence-corrected chi connectivity index (χ2v) is 11.5. The molecule has 1 aliphatic heterocycles. The summed E-state index contributed by atoms with van der Waals surface area (Å²) in [6, 6.07) is 22.8. The first kappa shape index (κ1) is 30.9. The van der Waals surface area contributed by atoms with Crippen molar-refractivity contribution < 1.29 is 23.8 Å². The molecule has 1 saturated heterocycles. The lowest BCUT2D eigenvalue weighted by molar-refractivity contribution is -0.133. The molecule has 2 amide bonds. The predicted octanol–water partition coefficient (Wildman–Crippen LogP) is 5.21. The van der Waals surface area contributed by atoms with Crippen molar-refractivity contribution in [1.82, 2.24) is 24.6 Å². The number of aromatic nitrogens is 3. The number of methoxy groups -OCH3 is 3. The minimum absolute atomic E-state index is 0.0918. The topological polar surface area (TPSA) is 99.0 Å². The molecule has 2 heterocycles. The molecule has 230 valence electrons. The van der Waals surface area contributed by atoms with Crippen molar-refractivity contribution in [3.8, 4) is 34.3 Å². The van der Waals surface area contributed by atoms with E-state index in [4.69, 9.17) is 14.2 Å². The maximum absolute atomic E-state index is 13.3. The Labute approximate surface area is 261 Å². The molecule has 4 aromatic rings. The number of thioether (sulfide) groups is 1. The Morgan fingerprint density at radius 2 is 1.59 bits per heavy atom. The molecule has 0 saturated carbocycles. The zero-order chi connectivity index (χ0) is 31.1. The van der Waals surface area contributed by atoms with Crippen LogP contribution in [0.25, 0.3) is 17.1 Å². The zero-order valence-electron chi connectivity index (χ0n) is 25.4. The summed E-state index contributed by atoms with van der Waals surface area (Å²) in [5.41, 5.74) is 2.37. The summed E-state index contributed by atoms with van der Waals surface area (Å²) >= 11 is 1.58. The maximum Gasteiger partial charge on any atom is 0.254 e. The lowest BCUT2D eigenvalue weighted by Gasteiger charge is -2.40. The molecule has 1 fully saturated rings. The van der Waals surface area contributed by atoms with E-state index < -0.39 is 0 Å². The van der Waals surface area contributed by atoms with E-state index >= 15 is 0 Å². The standard InChI is InChI=1S/C33H37N5O5S/c1-23-22-36(15-16-37(23)32(40)25-19-28(42-3)21-29(20-25)43-4)30(39)14-9-17-44-33-35-34-31(24-10-8-13-27(18-24)41-2)38(33)26-11-6-5-7-12-26/h5-8,10-13,18-21,23H,9,14-17,22H2,1-4H3. The van der Waals surface area contributed by atoms with Crippen LogP contribution in [-0.2, 0) is 4.79 Å². The van der Waals surface area contributed by atoms with Gasteiger partial charge >= 0.3 is 0 Å². The van der Waals surface area contributed by atoms with E-state index in [2.05, 4.69) is 10.2 Å². The third-order valence-corrected chi connectivity index (χ3v) is 8.60. The molecule has 11 heteroatoms. The van der Waals surface area contributed by atoms with Gasteiger partial charge in [0.15, 0.2) is 11.0 Å². The first-order chi connectivity index (χ1) is 21.4. The Hall–Kier alpha value is -4.51. The monoisotopic (exact) mass is 615 g/mol. The normalized spacial score (nSPS) is 14.8. The molecule has 44 heavy (non-hydrogen) atoms. The summed E-state index contributed by atoms with van der Waals surface area (Å²) < 4.78 is 18.1. The van der Waals surface area contributed by atoms with Crippen LogP contribution in [0.5, 0.6) is 17.2 Å². The third kappa shape index (κ3) is 6.99. The number of rotatable bonds is 11. The van der Waals surface area contributed by atoms with Gasteiger partial charge in [0.1, 0.15) is 17.2 Å². The second kappa shape index (κ2) is 14.3. The number of carbonyl (C=O) groups excluding carboxylic acids is 2. The number of carbonyl (C=O) groups is 2. The van der Waals surface area contributed by atoms with Gasteiger partial charge in [-0.05, 0) is 49.7 Å². The van der Waals surface area contributed by atoms with Gasteiger partial charge in [0.05, 0.1) is 21.3 Å². The highest BCUT2D eigenvalue weighted by molar-refractivity contribution is 7.99. The number of hydrogen-bond acceptors (Lipinski definition) is 8. The minimum atomic E-state index is -0.119. The zero-order valence-corrected chi connectivity index (χ0v) is 26.3. The SMILES string of the molecule is COc1cc(OC)cc(C(=O)N2CCN(C(=O)CCCSc3nnc(-c4cccc(OC)c4)n3-c3ccccc3)CC2C)c1. The number of piperazine rings is 1. The first-order valence-corrected chi connectivity index (χ1v) is 15.5. The van der Waals surface area contributed by atoms with Gasteiger partial charge in [-0.25, -0.2) is 0 Å². The average molecular weight is 616 g/mol. The molecule has 1 atom stereocenters. The van der Waals surface area contributed by atoms with Crippen LogP contribution in [0.1, 0.15) is 30.1 Å². The molecule has 0 bridgehead atoms. The fourth-order valence-electron chi connectivity index (χ4n) is 5.25. The molecule has 5 rings (SSSR count). The molecular formula is C33H37N5O5S. The Balaban J connectivity index is 1.18. The number of amides is 2. The Morgan fingerprint density at radius 1 is 0.864 bits per heavy atom. The molecule has 1 aliphatic rings. The largest absolute Gasteiger partial charge is 0.497 e. The first-order valence-electron chi connectivity index (χ1n) is 14.5. The molecule has 0 spiro atoms. The van der Waals surface area contributed by atoms with Crippen molar-refractivity contribution >= 4 is 23.6 Å². The Bertz CT molecular complexity index is 1570. The third-order valence-electron chi connectivity index (χ3n) is 7.58. The molecule has 1 aromatic heterocycles. The van der Waals surface area contributed by atoms with Gasteiger partial charge in [0.2, 0.25) is 5.91 Å². The van der Waals surface area contributed by atoms with Crippen LogP contribution < -0.4 is 14.2 Å². The molecular weight excluding hydrogens is 578 g/mol. The van der Waals surface area contributed by atoms with E-state index in [1.165, 1.54) is 0 Å². The molecule has 10 nitrogen and oxygen atoms in total. The Morgan fingerprint density at radius 3 is 2.27 bits per heavy atom. The molecule has 3 aromatic carbocycles. The number of hydrogen-bond donors (Lipinski definition) is 0. The van der Waals surface area contributed by atoms with E-state index in [9.17, 15) is 9.59 Å². The summed E-state index contributed by atoms with van der Waals surface area (Å²) in [6.45, 7) is 3.43. The lowest BCUT2D eigenvalue weighted by Crippen LogP contribution is -2.55. The van der Waals surface area contributed by atoms with Crippen LogP contribution in [-0.4, -0.2) is 89.1 Å². The second-order valence-electron chi connectivity index (χ2n) is 10.4. The van der Waals surface area contributed by atoms with E-state index in [-0.39, 0.29) is 17.9 Å². The number of para-hydroxylation sites is 1. The van der Waals surface area contributed by atoms with E-state index in [0.717, 1.165) is 28.0 Å². The van der Waals surface area contributed by atoms with Crippen molar-refractivity contribution in [2.24, 2.45) is 0 Å². The summed E-state index contributed by atoms with van der Waals surface area (Å²) in [7, 11) is 4.76. The fourth-order valence-corrected chi connectivity index (χ4v) is 6.14. The summed E-state index contributed by atoms with van der Waals surface area (Å²) in [5, 5.41) is 9.77. The Kier molecular flexibility index (Phi) is 10.1. The summed E-state index contributed by atoms with van der Waals surface area (Å²) in [5.74, 6) is 3.29. The predicted molar refractivity (Wildman–Crippen MR) is 170 cm³/mol. The minimum Gasteiger partial charge on any atom is -0.497 e. The van der Waals surface area contributed by atoms with Gasteiger partial charge in [-0.3, -0.25) is 14.2 Å². The molecule has 0 N–H and O–H groups in total. The van der Waals surface area contributed by atoms with Gasteiger partial charge in [0, 0.05) is 60.7 Å². The van der Waals surface area contributed by atoms with Crippen LogP contribution in [0.2, 0.25) is 0 Å². The van der Waals surface area contributed by atoms with Crippen molar-refractivity contribution in [2.45, 2.75) is 31.0 Å². The van der Waals surface area contributed by atoms with Crippen LogP contribution in [0.4, 0.5) is 0 Å². The van der Waals surface area contributed by atoms with Gasteiger partial charge in [-0.2, -0.15) is 0 Å². The van der Waals surface area contributed by atoms with E-state index in [1.54, 1.807) is 51.3 Å². The van der Waals surface area contributed by atoms with Crippen molar-refractivity contribution in [3.63, 3.8) is 0 Å². The fraction of sp³-hybridized carbons (Fsp3) is 0.333. The van der Waals surface area contributed by atoms with E-state index in [1.807, 2.05) is 75.9 Å². The molecule has 0 aliphatic carbocycles. The smallest absolute Gasteiger partial charge is 0.254 e. The summed E-state index contributed by atoms with van der Waals surface area (Å²) in [4.78, 5) is 30.1. The maximum atomic E-state index is 13.3. The van der Waals surface area contributed by atoms with Crippen LogP contribution in [0.3, 0.4) is 0 Å². The van der Waals surface area contributed by atoms with Gasteiger partial charge in [-0.1, -0.05) is 42.1 Å². The summed E-state index contributed by atoms with van der Waals surface area (Å²) in [6.07, 6.45) is 1.11. The van der Waals surface area contributed by atoms with Gasteiger partial charge in [-0.15, -0.1) is 10.2 Å². The van der Waals surface area contributed by atoms with Gasteiger partial charge in [0.25, 0.3) is 5.91 Å². The highest BCUT2D eigenvalue weighted by atomic mass is 32.2. The van der Waals surface area contributed by atoms with Crippen molar-refractivity contribution in [1.29, 1.82) is 0 Å². The molecule has 0 radical (unpaired) electrons. The van der Waals surface area contributed by atoms with Crippen LogP contribution >= 0.6 is 11.8 Å². The quantitative estimate of drug-likeness (QED) is 0.168. The van der Waals surface area contributed by atoms with E-state index in [0.29, 0.717) is 55.3 Å². The van der Waals surface area contributed by atoms with Crippen LogP contribution in [0.15, 0.2) is 78.0 Å². The van der Waals surface area contributed by atoms with Gasteiger partial charge < -0.3 is 24.0 Å². The lowest BCUT2D eigenvalue weighted by atomic mass is 10.1. The number of ether oxygens (including phenoxy) is 3. The van der Waals surface area contributed by atoms with Crippen LogP contribution in [0, 0.1) is 0 Å². The number of benzene rings is 3. The highest BCUT2D eigenvalue weighted by Crippen LogP contribution is 2.30. The highest BCUT2D eigenvalue weighted by Gasteiger charge is 2.30. The molecule has 1 unspecified atom stereocenters.